The van der Waals surface area contributed by atoms with Crippen molar-refractivity contribution in [2.24, 2.45) is 5.84 Å². The average Bonchev–Trinajstić information content (AvgIpc) is 2.87. The fourth-order valence-corrected chi connectivity index (χ4v) is 2.81. The molecule has 0 saturated carbocycles. The molecule has 1 unspecified atom stereocenters. The highest BCUT2D eigenvalue weighted by Crippen LogP contribution is 2.33. The highest BCUT2D eigenvalue weighted by atomic mass is 35.5. The first kappa shape index (κ1) is 14.4. The van der Waals surface area contributed by atoms with Gasteiger partial charge in [0.25, 0.3) is 0 Å². The molecule has 3 rings (SSSR count). The van der Waals surface area contributed by atoms with Gasteiger partial charge in [-0.15, -0.1) is 0 Å². The first-order valence-corrected chi connectivity index (χ1v) is 7.26. The Morgan fingerprint density at radius 1 is 1.14 bits per heavy atom. The van der Waals surface area contributed by atoms with Crippen molar-refractivity contribution in [3.63, 3.8) is 0 Å². The van der Waals surface area contributed by atoms with E-state index in [1.807, 2.05) is 43.3 Å². The van der Waals surface area contributed by atoms with Crippen LogP contribution in [-0.2, 0) is 0 Å². The molecule has 0 amide bonds. The number of rotatable bonds is 3. The summed E-state index contributed by atoms with van der Waals surface area (Å²) < 4.78 is 5.87. The second-order valence-electron chi connectivity index (χ2n) is 4.91. The summed E-state index contributed by atoms with van der Waals surface area (Å²) in [5.74, 6) is 6.41. The van der Waals surface area contributed by atoms with Gasteiger partial charge in [-0.05, 0) is 42.3 Å². The predicted octanol–water partition coefficient (Wildman–Crippen LogP) is 4.60. The van der Waals surface area contributed by atoms with E-state index in [2.05, 4.69) is 5.43 Å². The van der Waals surface area contributed by atoms with E-state index in [4.69, 9.17) is 33.5 Å². The molecule has 0 aliphatic heterocycles. The molecule has 21 heavy (non-hydrogen) atoms. The Kier molecular flexibility index (Phi) is 3.91. The van der Waals surface area contributed by atoms with Crippen molar-refractivity contribution < 1.29 is 4.42 Å². The van der Waals surface area contributed by atoms with E-state index < -0.39 is 0 Å². The van der Waals surface area contributed by atoms with Crippen LogP contribution in [0.2, 0.25) is 10.0 Å². The molecule has 3 aromatic rings. The molecule has 0 spiro atoms. The minimum Gasteiger partial charge on any atom is -0.459 e. The van der Waals surface area contributed by atoms with Gasteiger partial charge in [0.15, 0.2) is 0 Å². The first-order valence-electron chi connectivity index (χ1n) is 6.50. The van der Waals surface area contributed by atoms with Crippen LogP contribution < -0.4 is 11.3 Å². The molecule has 108 valence electrons. The van der Waals surface area contributed by atoms with Crippen LogP contribution in [-0.4, -0.2) is 0 Å². The van der Waals surface area contributed by atoms with Crippen LogP contribution in [0.25, 0.3) is 11.0 Å². The third-order valence-corrected chi connectivity index (χ3v) is 4.23. The van der Waals surface area contributed by atoms with E-state index in [9.17, 15) is 0 Å². The van der Waals surface area contributed by atoms with Gasteiger partial charge >= 0.3 is 0 Å². The van der Waals surface area contributed by atoms with Crippen molar-refractivity contribution in [1.29, 1.82) is 0 Å². The van der Waals surface area contributed by atoms with E-state index in [1.165, 1.54) is 0 Å². The second-order valence-corrected chi connectivity index (χ2v) is 5.72. The molecule has 3 N–H and O–H groups in total. The molecule has 0 radical (unpaired) electrons. The number of nitrogens with one attached hydrogen (secondary N) is 1. The lowest BCUT2D eigenvalue weighted by Gasteiger charge is -2.16. The van der Waals surface area contributed by atoms with Crippen LogP contribution in [0.1, 0.15) is 22.9 Å². The van der Waals surface area contributed by atoms with E-state index in [0.29, 0.717) is 15.8 Å². The monoisotopic (exact) mass is 320 g/mol. The van der Waals surface area contributed by atoms with Crippen LogP contribution in [0, 0.1) is 6.92 Å². The molecular formula is C16H14Cl2N2O. The largest absolute Gasteiger partial charge is 0.459 e. The van der Waals surface area contributed by atoms with E-state index in [1.54, 1.807) is 6.07 Å². The van der Waals surface area contributed by atoms with Crippen molar-refractivity contribution in [3.05, 3.63) is 69.4 Å². The Bertz CT molecular complexity index is 798. The number of hydrogen-bond donors (Lipinski definition) is 2. The van der Waals surface area contributed by atoms with Gasteiger partial charge in [0.2, 0.25) is 0 Å². The Hall–Kier alpha value is -1.52. The summed E-state index contributed by atoms with van der Waals surface area (Å²) in [6, 6.07) is 12.9. The van der Waals surface area contributed by atoms with E-state index in [0.717, 1.165) is 22.1 Å². The Labute approximate surface area is 132 Å². The number of hydrogen-bond acceptors (Lipinski definition) is 3. The number of fused-ring (bicyclic) bond motifs is 1. The number of aryl methyl sites for hydroxylation is 1. The van der Waals surface area contributed by atoms with E-state index >= 15 is 0 Å². The second kappa shape index (κ2) is 5.70. The highest BCUT2D eigenvalue weighted by Gasteiger charge is 2.20. The van der Waals surface area contributed by atoms with Crippen molar-refractivity contribution >= 4 is 34.2 Å². The van der Waals surface area contributed by atoms with Crippen molar-refractivity contribution in [2.45, 2.75) is 13.0 Å². The topological polar surface area (TPSA) is 51.2 Å². The Balaban J connectivity index is 2.11. The fraction of sp³-hybridized carbons (Fsp3) is 0.125. The number of halogens is 2. The summed E-state index contributed by atoms with van der Waals surface area (Å²) in [6.07, 6.45) is 0. The molecule has 5 heteroatoms. The Morgan fingerprint density at radius 2 is 1.95 bits per heavy atom. The summed E-state index contributed by atoms with van der Waals surface area (Å²) in [5.41, 5.74) is 5.40. The van der Waals surface area contributed by atoms with Crippen molar-refractivity contribution in [3.8, 4) is 0 Å². The minimum atomic E-state index is -0.316. The van der Waals surface area contributed by atoms with Crippen molar-refractivity contribution in [2.75, 3.05) is 0 Å². The maximum Gasteiger partial charge on any atom is 0.134 e. The summed E-state index contributed by atoms with van der Waals surface area (Å²) in [5, 5.41) is 2.28. The summed E-state index contributed by atoms with van der Waals surface area (Å²) in [4.78, 5) is 0. The first-order chi connectivity index (χ1) is 10.1. The quantitative estimate of drug-likeness (QED) is 0.547. The van der Waals surface area contributed by atoms with Gasteiger partial charge in [-0.1, -0.05) is 41.4 Å². The highest BCUT2D eigenvalue weighted by molar-refractivity contribution is 6.32. The third-order valence-electron chi connectivity index (χ3n) is 3.48. The molecule has 3 nitrogen and oxygen atoms in total. The molecule has 1 atom stereocenters. The number of nitrogens with two attached hydrogens (primary N) is 1. The van der Waals surface area contributed by atoms with Gasteiger partial charge in [0.1, 0.15) is 17.4 Å². The zero-order chi connectivity index (χ0) is 15.0. The SMILES string of the molecule is Cc1cccc(C(NN)c2cc3cc(Cl)ccc3o2)c1Cl. The molecule has 0 aliphatic carbocycles. The zero-order valence-electron chi connectivity index (χ0n) is 11.4. The molecule has 0 saturated heterocycles. The summed E-state index contributed by atoms with van der Waals surface area (Å²) >= 11 is 12.4. The number of hydrazine groups is 1. The van der Waals surface area contributed by atoms with Gasteiger partial charge in [-0.25, -0.2) is 5.43 Å². The van der Waals surface area contributed by atoms with Crippen LogP contribution in [0.4, 0.5) is 0 Å². The summed E-state index contributed by atoms with van der Waals surface area (Å²) in [7, 11) is 0. The molecule has 0 aliphatic rings. The van der Waals surface area contributed by atoms with Gasteiger partial charge in [-0.2, -0.15) is 0 Å². The number of benzene rings is 2. The maximum atomic E-state index is 6.38. The molecule has 0 bridgehead atoms. The van der Waals surface area contributed by atoms with Gasteiger partial charge < -0.3 is 4.42 Å². The van der Waals surface area contributed by atoms with Crippen LogP contribution in [0.15, 0.2) is 46.9 Å². The maximum absolute atomic E-state index is 6.38. The molecular weight excluding hydrogens is 307 g/mol. The normalized spacial score (nSPS) is 12.8. The van der Waals surface area contributed by atoms with Crippen LogP contribution in [0.5, 0.6) is 0 Å². The minimum absolute atomic E-state index is 0.316. The lowest BCUT2D eigenvalue weighted by molar-refractivity contribution is 0.477. The Morgan fingerprint density at radius 3 is 2.71 bits per heavy atom. The number of furan rings is 1. The predicted molar refractivity (Wildman–Crippen MR) is 86.6 cm³/mol. The molecule has 2 aromatic carbocycles. The molecule has 1 heterocycles. The molecule has 1 aromatic heterocycles. The van der Waals surface area contributed by atoms with Gasteiger partial charge in [-0.3, -0.25) is 5.84 Å². The lowest BCUT2D eigenvalue weighted by atomic mass is 10.0. The van der Waals surface area contributed by atoms with Crippen molar-refractivity contribution in [1.82, 2.24) is 5.43 Å². The summed E-state index contributed by atoms with van der Waals surface area (Å²) in [6.45, 7) is 1.96. The lowest BCUT2D eigenvalue weighted by Crippen LogP contribution is -2.28. The smallest absolute Gasteiger partial charge is 0.134 e. The van der Waals surface area contributed by atoms with Gasteiger partial charge in [0, 0.05) is 15.4 Å². The molecule has 0 fully saturated rings. The van der Waals surface area contributed by atoms with Crippen LogP contribution >= 0.6 is 23.2 Å². The standard InChI is InChI=1S/C16H14Cl2N2O/c1-9-3-2-4-12(15(9)18)16(20-19)14-8-10-7-11(17)5-6-13(10)21-14/h2-8,16,20H,19H2,1H3. The fourth-order valence-electron chi connectivity index (χ4n) is 2.40. The van der Waals surface area contributed by atoms with Gasteiger partial charge in [0.05, 0.1) is 0 Å². The zero-order valence-corrected chi connectivity index (χ0v) is 12.9. The van der Waals surface area contributed by atoms with Crippen LogP contribution in [0.3, 0.4) is 0 Å². The average molecular weight is 321 g/mol. The third kappa shape index (κ3) is 2.65. The van der Waals surface area contributed by atoms with E-state index in [-0.39, 0.29) is 6.04 Å².